The fraction of sp³-hybridized carbons (Fsp3) is 0.520. The molecule has 0 radical (unpaired) electrons. The first kappa shape index (κ1) is 25.3. The lowest BCUT2D eigenvalue weighted by Gasteiger charge is -2.36. The first-order valence-corrected chi connectivity index (χ1v) is 11.7. The van der Waals surface area contributed by atoms with Crippen LogP contribution in [-0.2, 0) is 25.2 Å². The van der Waals surface area contributed by atoms with E-state index in [1.807, 2.05) is 18.2 Å². The molecule has 35 heavy (non-hydrogen) atoms. The number of alkyl halides is 6. The van der Waals surface area contributed by atoms with Gasteiger partial charge in [-0.25, -0.2) is 4.98 Å². The van der Waals surface area contributed by atoms with E-state index in [9.17, 15) is 31.1 Å². The Labute approximate surface area is 199 Å². The van der Waals surface area contributed by atoms with Crippen LogP contribution < -0.4 is 10.2 Å². The number of carbonyl (C=O) groups is 1. The Balaban J connectivity index is 1.40. The molecule has 1 amide bonds. The third-order valence-corrected chi connectivity index (χ3v) is 6.99. The van der Waals surface area contributed by atoms with E-state index in [1.54, 1.807) is 0 Å². The van der Waals surface area contributed by atoms with Crippen LogP contribution in [0.1, 0.15) is 71.4 Å². The van der Waals surface area contributed by atoms with Gasteiger partial charge in [0.1, 0.15) is 11.4 Å². The summed E-state index contributed by atoms with van der Waals surface area (Å²) in [6, 6.07) is 6.74. The number of carbonyl (C=O) groups excluding carboxylic acids is 1. The van der Waals surface area contributed by atoms with E-state index in [2.05, 4.69) is 10.3 Å². The average molecular weight is 499 g/mol. The predicted octanol–water partition coefficient (Wildman–Crippen LogP) is 6.18. The molecule has 1 aromatic carbocycles. The van der Waals surface area contributed by atoms with Crippen molar-refractivity contribution in [1.29, 1.82) is 0 Å². The van der Waals surface area contributed by atoms with E-state index in [1.165, 1.54) is 23.1 Å². The third-order valence-electron chi connectivity index (χ3n) is 6.99. The Kier molecular flexibility index (Phi) is 7.02. The van der Waals surface area contributed by atoms with E-state index in [4.69, 9.17) is 0 Å². The lowest BCUT2D eigenvalue weighted by atomic mass is 9.89. The third kappa shape index (κ3) is 5.90. The maximum atomic E-state index is 13.2. The van der Waals surface area contributed by atoms with Gasteiger partial charge in [-0.1, -0.05) is 6.07 Å². The molecule has 0 atom stereocenters. The number of benzene rings is 1. The number of pyridine rings is 1. The summed E-state index contributed by atoms with van der Waals surface area (Å²) in [6.07, 6.45) is -3.51. The molecule has 2 aliphatic rings. The second kappa shape index (κ2) is 9.70. The molecule has 0 aliphatic heterocycles. The van der Waals surface area contributed by atoms with Crippen LogP contribution in [0.15, 0.2) is 30.3 Å². The summed E-state index contributed by atoms with van der Waals surface area (Å²) in [5.41, 5.74) is -0.208. The van der Waals surface area contributed by atoms with Gasteiger partial charge in [0.25, 0.3) is 5.91 Å². The van der Waals surface area contributed by atoms with Gasteiger partial charge in [0.05, 0.1) is 0 Å². The molecule has 2 aromatic rings. The van der Waals surface area contributed by atoms with Crippen molar-refractivity contribution in [2.45, 2.75) is 75.8 Å². The summed E-state index contributed by atoms with van der Waals surface area (Å²) in [7, 11) is 1.49. The van der Waals surface area contributed by atoms with Crippen molar-refractivity contribution in [3.63, 3.8) is 0 Å². The van der Waals surface area contributed by atoms with Gasteiger partial charge in [-0.05, 0) is 86.8 Å². The molecule has 0 bridgehead atoms. The van der Waals surface area contributed by atoms with Crippen LogP contribution in [0, 0.1) is 0 Å². The van der Waals surface area contributed by atoms with Crippen LogP contribution >= 0.6 is 0 Å². The quantitative estimate of drug-likeness (QED) is 0.512. The fourth-order valence-electron chi connectivity index (χ4n) is 4.97. The van der Waals surface area contributed by atoms with Gasteiger partial charge >= 0.3 is 12.4 Å². The van der Waals surface area contributed by atoms with Crippen LogP contribution in [-0.4, -0.2) is 30.0 Å². The molecule has 1 saturated carbocycles. The molecule has 1 heterocycles. The summed E-state index contributed by atoms with van der Waals surface area (Å²) in [6.45, 7) is 0. The maximum Gasteiger partial charge on any atom is 0.433 e. The molecule has 0 saturated heterocycles. The molecule has 190 valence electrons. The lowest BCUT2D eigenvalue weighted by Crippen LogP contribution is -2.43. The summed E-state index contributed by atoms with van der Waals surface area (Å²) < 4.78 is 79.0. The Hall–Kier alpha value is -2.78. The van der Waals surface area contributed by atoms with Crippen LogP contribution in [0.2, 0.25) is 0 Å². The van der Waals surface area contributed by atoms with E-state index >= 15 is 0 Å². The number of rotatable bonds is 4. The minimum atomic E-state index is -4.99. The number of fused-ring (bicyclic) bond motifs is 1. The van der Waals surface area contributed by atoms with Gasteiger partial charge in [0.2, 0.25) is 0 Å². The highest BCUT2D eigenvalue weighted by atomic mass is 19.4. The number of hydrogen-bond acceptors (Lipinski definition) is 3. The van der Waals surface area contributed by atoms with Crippen LogP contribution in [0.5, 0.6) is 0 Å². The SMILES string of the molecule is CN(c1cc(C(F)(F)F)nc(C(F)(F)F)c1)C1CCC(NC(=O)c2ccc3c(c2)CCCC3)CC1. The molecule has 4 rings (SSSR count). The monoisotopic (exact) mass is 499 g/mol. The summed E-state index contributed by atoms with van der Waals surface area (Å²) in [4.78, 5) is 17.0. The minimum absolute atomic E-state index is 0.0999. The Morgan fingerprint density at radius 2 is 1.46 bits per heavy atom. The van der Waals surface area contributed by atoms with Crippen molar-refractivity contribution in [2.75, 3.05) is 11.9 Å². The Bertz CT molecular complexity index is 1040. The zero-order valence-corrected chi connectivity index (χ0v) is 19.3. The standard InChI is InChI=1S/C25H27F6N3O/c1-34(20-13-21(24(26,27)28)33-22(14-20)25(29,30)31)19-10-8-18(9-11-19)32-23(35)17-7-6-15-4-2-3-5-16(15)12-17/h6-7,12-14,18-19H,2-5,8-11H2,1H3,(H,32,35). The van der Waals surface area contributed by atoms with Gasteiger partial charge in [-0.3, -0.25) is 4.79 Å². The molecule has 10 heteroatoms. The van der Waals surface area contributed by atoms with Crippen molar-refractivity contribution < 1.29 is 31.1 Å². The molecule has 0 unspecified atom stereocenters. The normalized spacial score (nSPS) is 20.8. The number of hydrogen-bond donors (Lipinski definition) is 1. The van der Waals surface area contributed by atoms with E-state index < -0.39 is 23.7 Å². The second-order valence-electron chi connectivity index (χ2n) is 9.37. The maximum absolute atomic E-state index is 13.2. The van der Waals surface area contributed by atoms with Crippen molar-refractivity contribution >= 4 is 11.6 Å². The van der Waals surface area contributed by atoms with Gasteiger partial charge in [0, 0.05) is 30.4 Å². The highest BCUT2D eigenvalue weighted by Crippen LogP contribution is 2.37. The molecular weight excluding hydrogens is 472 g/mol. The van der Waals surface area contributed by atoms with Crippen molar-refractivity contribution in [3.05, 3.63) is 58.4 Å². The number of nitrogens with one attached hydrogen (secondary N) is 1. The van der Waals surface area contributed by atoms with Crippen LogP contribution in [0.3, 0.4) is 0 Å². The lowest BCUT2D eigenvalue weighted by molar-refractivity contribution is -0.150. The van der Waals surface area contributed by atoms with Crippen LogP contribution in [0.4, 0.5) is 32.0 Å². The number of nitrogens with zero attached hydrogens (tertiary/aromatic N) is 2. The number of aryl methyl sites for hydroxylation is 2. The van der Waals surface area contributed by atoms with Crippen molar-refractivity contribution in [1.82, 2.24) is 10.3 Å². The average Bonchev–Trinajstić information content (AvgIpc) is 2.82. The molecular formula is C25H27F6N3O. The zero-order chi connectivity index (χ0) is 25.4. The molecule has 1 fully saturated rings. The number of aromatic nitrogens is 1. The Morgan fingerprint density at radius 3 is 2.03 bits per heavy atom. The van der Waals surface area contributed by atoms with Gasteiger partial charge in [0.15, 0.2) is 0 Å². The first-order chi connectivity index (χ1) is 16.4. The number of anilines is 1. The van der Waals surface area contributed by atoms with Gasteiger partial charge in [-0.15, -0.1) is 0 Å². The summed E-state index contributed by atoms with van der Waals surface area (Å²) >= 11 is 0. The Morgan fingerprint density at radius 1 is 0.886 bits per heavy atom. The predicted molar refractivity (Wildman–Crippen MR) is 119 cm³/mol. The van der Waals surface area contributed by atoms with Crippen molar-refractivity contribution in [3.8, 4) is 0 Å². The topological polar surface area (TPSA) is 45.2 Å². The van der Waals surface area contributed by atoms with Gasteiger partial charge < -0.3 is 10.2 Å². The van der Waals surface area contributed by atoms with Crippen molar-refractivity contribution in [2.24, 2.45) is 0 Å². The second-order valence-corrected chi connectivity index (χ2v) is 9.37. The smallest absolute Gasteiger partial charge is 0.371 e. The highest BCUT2D eigenvalue weighted by molar-refractivity contribution is 5.94. The highest BCUT2D eigenvalue weighted by Gasteiger charge is 2.39. The van der Waals surface area contributed by atoms with Gasteiger partial charge in [-0.2, -0.15) is 26.3 Å². The minimum Gasteiger partial charge on any atom is -0.371 e. The fourth-order valence-corrected chi connectivity index (χ4v) is 4.97. The van der Waals surface area contributed by atoms with E-state index in [0.717, 1.165) is 25.7 Å². The molecule has 1 N–H and O–H groups in total. The summed E-state index contributed by atoms with van der Waals surface area (Å²) in [5.74, 6) is -0.158. The molecule has 4 nitrogen and oxygen atoms in total. The van der Waals surface area contributed by atoms with E-state index in [0.29, 0.717) is 43.4 Å². The largest absolute Gasteiger partial charge is 0.433 e. The summed E-state index contributed by atoms with van der Waals surface area (Å²) in [5, 5.41) is 3.03. The molecule has 0 spiro atoms. The molecule has 2 aliphatic carbocycles. The number of halogens is 6. The number of amides is 1. The zero-order valence-electron chi connectivity index (χ0n) is 19.3. The van der Waals surface area contributed by atoms with E-state index in [-0.39, 0.29) is 23.7 Å². The molecule has 1 aromatic heterocycles. The van der Waals surface area contributed by atoms with Crippen LogP contribution in [0.25, 0.3) is 0 Å². The first-order valence-electron chi connectivity index (χ1n) is 11.7.